The van der Waals surface area contributed by atoms with Crippen molar-refractivity contribution in [1.82, 2.24) is 10.4 Å². The normalized spacial score (nSPS) is 21.0. The van der Waals surface area contributed by atoms with Gasteiger partial charge >= 0.3 is 0 Å². The van der Waals surface area contributed by atoms with Gasteiger partial charge in [-0.05, 0) is 66.6 Å². The lowest BCUT2D eigenvalue weighted by molar-refractivity contribution is -0.128. The minimum absolute atomic E-state index is 0.0863. The standard InChI is InChI=1S/C21H21FN2O3/c22-18-3-1-2-14(10-18)13-24(27)19(25)16-4-5-17-12-21(7-6-15(17)11-16)8-9-23-20(21)26/h1-5,10-11,27H,6-9,12-13H2,(H,23,26)/t21-/m0/s1. The molecular formula is C21H21FN2O3. The summed E-state index contributed by atoms with van der Waals surface area (Å²) in [6.45, 7) is 0.640. The molecule has 1 heterocycles. The summed E-state index contributed by atoms with van der Waals surface area (Å²) >= 11 is 0. The fourth-order valence-corrected chi connectivity index (χ4v) is 4.14. The Morgan fingerprint density at radius 1 is 1.19 bits per heavy atom. The SMILES string of the molecule is O=C(c1ccc2c(c1)CC[C@]1(CCNC1=O)C2)N(O)Cc1cccc(F)c1. The average molecular weight is 368 g/mol. The Kier molecular flexibility index (Phi) is 4.44. The summed E-state index contributed by atoms with van der Waals surface area (Å²) in [6.07, 6.45) is 3.05. The molecule has 4 rings (SSSR count). The number of hydrogen-bond acceptors (Lipinski definition) is 3. The Hall–Kier alpha value is -2.73. The molecule has 6 heteroatoms. The maximum Gasteiger partial charge on any atom is 0.277 e. The van der Waals surface area contributed by atoms with Crippen molar-refractivity contribution in [3.8, 4) is 0 Å². The van der Waals surface area contributed by atoms with Gasteiger partial charge in [0.15, 0.2) is 0 Å². The molecule has 1 spiro atoms. The molecule has 2 aliphatic rings. The van der Waals surface area contributed by atoms with E-state index in [1.54, 1.807) is 18.2 Å². The predicted molar refractivity (Wildman–Crippen MR) is 96.6 cm³/mol. The first-order valence-electron chi connectivity index (χ1n) is 9.12. The summed E-state index contributed by atoms with van der Waals surface area (Å²) in [5.41, 5.74) is 2.73. The molecule has 27 heavy (non-hydrogen) atoms. The van der Waals surface area contributed by atoms with E-state index in [2.05, 4.69) is 5.32 Å². The molecular weight excluding hydrogens is 347 g/mol. The van der Waals surface area contributed by atoms with Crippen molar-refractivity contribution >= 4 is 11.8 Å². The largest absolute Gasteiger partial charge is 0.356 e. The van der Waals surface area contributed by atoms with Gasteiger partial charge in [-0.1, -0.05) is 18.2 Å². The van der Waals surface area contributed by atoms with Crippen LogP contribution in [0.4, 0.5) is 4.39 Å². The number of nitrogens with zero attached hydrogens (tertiary/aromatic N) is 1. The van der Waals surface area contributed by atoms with Gasteiger partial charge in [-0.15, -0.1) is 0 Å². The van der Waals surface area contributed by atoms with E-state index < -0.39 is 11.7 Å². The van der Waals surface area contributed by atoms with Gasteiger partial charge in [-0.25, -0.2) is 9.45 Å². The quantitative estimate of drug-likeness (QED) is 0.647. The summed E-state index contributed by atoms with van der Waals surface area (Å²) in [5, 5.41) is 13.7. The van der Waals surface area contributed by atoms with E-state index >= 15 is 0 Å². The lowest BCUT2D eigenvalue weighted by Crippen LogP contribution is -2.36. The van der Waals surface area contributed by atoms with Crippen LogP contribution in [0.3, 0.4) is 0 Å². The van der Waals surface area contributed by atoms with Crippen LogP contribution in [0.2, 0.25) is 0 Å². The van der Waals surface area contributed by atoms with Crippen molar-refractivity contribution in [2.24, 2.45) is 5.41 Å². The Bertz CT molecular complexity index is 914. The number of carbonyl (C=O) groups excluding carboxylic acids is 2. The second-order valence-corrected chi connectivity index (χ2v) is 7.44. The summed E-state index contributed by atoms with van der Waals surface area (Å²) in [7, 11) is 0. The highest BCUT2D eigenvalue weighted by Crippen LogP contribution is 2.41. The Labute approximate surface area is 156 Å². The first-order valence-corrected chi connectivity index (χ1v) is 9.12. The van der Waals surface area contributed by atoms with Gasteiger partial charge in [0.2, 0.25) is 5.91 Å². The number of hydrogen-bond donors (Lipinski definition) is 2. The number of halogens is 1. The highest BCUT2D eigenvalue weighted by atomic mass is 19.1. The Morgan fingerprint density at radius 2 is 2.04 bits per heavy atom. The van der Waals surface area contributed by atoms with Crippen molar-refractivity contribution < 1.29 is 19.2 Å². The summed E-state index contributed by atoms with van der Waals surface area (Å²) in [6, 6.07) is 11.2. The molecule has 0 saturated carbocycles. The van der Waals surface area contributed by atoms with Crippen molar-refractivity contribution in [1.29, 1.82) is 0 Å². The van der Waals surface area contributed by atoms with E-state index in [1.165, 1.54) is 18.2 Å². The average Bonchev–Trinajstić information content (AvgIpc) is 3.00. The third-order valence-electron chi connectivity index (χ3n) is 5.68. The Balaban J connectivity index is 1.50. The number of aryl methyl sites for hydroxylation is 1. The first kappa shape index (κ1) is 17.7. The molecule has 5 nitrogen and oxygen atoms in total. The van der Waals surface area contributed by atoms with Crippen LogP contribution in [0.1, 0.15) is 39.9 Å². The van der Waals surface area contributed by atoms with E-state index in [0.29, 0.717) is 22.6 Å². The van der Waals surface area contributed by atoms with Crippen molar-refractivity contribution in [2.75, 3.05) is 6.54 Å². The molecule has 2 amide bonds. The first-order chi connectivity index (χ1) is 13.0. The van der Waals surface area contributed by atoms with Crippen LogP contribution in [0.5, 0.6) is 0 Å². The predicted octanol–water partition coefficient (Wildman–Crippen LogP) is 2.85. The molecule has 2 N–H and O–H groups in total. The fraction of sp³-hybridized carbons (Fsp3) is 0.333. The van der Waals surface area contributed by atoms with Crippen LogP contribution < -0.4 is 5.32 Å². The van der Waals surface area contributed by atoms with Crippen LogP contribution in [0, 0.1) is 11.2 Å². The van der Waals surface area contributed by atoms with Gasteiger partial charge in [-0.2, -0.15) is 0 Å². The summed E-state index contributed by atoms with van der Waals surface area (Å²) in [5.74, 6) is -0.808. The smallest absolute Gasteiger partial charge is 0.277 e. The zero-order valence-corrected chi connectivity index (χ0v) is 14.9. The van der Waals surface area contributed by atoms with Gasteiger partial charge in [-0.3, -0.25) is 14.8 Å². The number of hydroxylamine groups is 2. The monoisotopic (exact) mass is 368 g/mol. The number of nitrogens with one attached hydrogen (secondary N) is 1. The summed E-state index contributed by atoms with van der Waals surface area (Å²) < 4.78 is 13.3. The number of benzene rings is 2. The van der Waals surface area contributed by atoms with E-state index in [9.17, 15) is 19.2 Å². The molecule has 140 valence electrons. The van der Waals surface area contributed by atoms with Gasteiger partial charge in [0.05, 0.1) is 12.0 Å². The molecule has 2 aromatic carbocycles. The maximum atomic E-state index is 13.3. The van der Waals surface area contributed by atoms with Crippen LogP contribution in [0.25, 0.3) is 0 Å². The van der Waals surface area contributed by atoms with Gasteiger partial charge in [0.1, 0.15) is 5.82 Å². The lowest BCUT2D eigenvalue weighted by Gasteiger charge is -2.32. The number of fused-ring (bicyclic) bond motifs is 1. The molecule has 1 aliphatic carbocycles. The highest BCUT2D eigenvalue weighted by Gasteiger charge is 2.44. The zero-order chi connectivity index (χ0) is 19.0. The van der Waals surface area contributed by atoms with E-state index in [1.807, 2.05) is 6.07 Å². The molecule has 0 aromatic heterocycles. The van der Waals surface area contributed by atoms with Crippen LogP contribution >= 0.6 is 0 Å². The van der Waals surface area contributed by atoms with Crippen molar-refractivity contribution in [3.63, 3.8) is 0 Å². The molecule has 0 unspecified atom stereocenters. The van der Waals surface area contributed by atoms with Crippen molar-refractivity contribution in [3.05, 3.63) is 70.5 Å². The minimum Gasteiger partial charge on any atom is -0.356 e. The molecule has 1 atom stereocenters. The molecule has 1 saturated heterocycles. The fourth-order valence-electron chi connectivity index (χ4n) is 4.14. The third-order valence-corrected chi connectivity index (χ3v) is 5.68. The molecule has 2 aromatic rings. The number of rotatable bonds is 3. The van der Waals surface area contributed by atoms with Crippen LogP contribution in [-0.2, 0) is 24.2 Å². The van der Waals surface area contributed by atoms with Gasteiger partial charge in [0, 0.05) is 12.1 Å². The third kappa shape index (κ3) is 3.32. The molecule has 1 aliphatic heterocycles. The number of amides is 2. The van der Waals surface area contributed by atoms with Crippen LogP contribution in [-0.4, -0.2) is 28.6 Å². The molecule has 0 radical (unpaired) electrons. The Morgan fingerprint density at radius 3 is 2.78 bits per heavy atom. The van der Waals surface area contributed by atoms with Gasteiger partial charge < -0.3 is 5.32 Å². The number of carbonyl (C=O) groups is 2. The topological polar surface area (TPSA) is 69.6 Å². The van der Waals surface area contributed by atoms with E-state index in [-0.39, 0.29) is 17.9 Å². The minimum atomic E-state index is -0.527. The van der Waals surface area contributed by atoms with Crippen molar-refractivity contribution in [2.45, 2.75) is 32.2 Å². The highest BCUT2D eigenvalue weighted by molar-refractivity contribution is 5.94. The second-order valence-electron chi connectivity index (χ2n) is 7.44. The zero-order valence-electron chi connectivity index (χ0n) is 14.9. The molecule has 1 fully saturated rings. The van der Waals surface area contributed by atoms with E-state index in [0.717, 1.165) is 36.9 Å². The van der Waals surface area contributed by atoms with Gasteiger partial charge in [0.25, 0.3) is 5.91 Å². The van der Waals surface area contributed by atoms with Crippen LogP contribution in [0.15, 0.2) is 42.5 Å². The van der Waals surface area contributed by atoms with E-state index in [4.69, 9.17) is 0 Å². The lowest BCUT2D eigenvalue weighted by atomic mass is 9.70. The molecule has 0 bridgehead atoms. The second kappa shape index (κ2) is 6.78. The summed E-state index contributed by atoms with van der Waals surface area (Å²) in [4.78, 5) is 24.7. The maximum absolute atomic E-state index is 13.3.